The number of aromatic nitrogens is 4. The monoisotopic (exact) mass is 383 g/mol. The fraction of sp³-hybridized carbons (Fsp3) is 0.429. The van der Waals surface area contributed by atoms with Crippen LogP contribution >= 0.6 is 15.9 Å². The fourth-order valence-electron chi connectivity index (χ4n) is 1.98. The van der Waals surface area contributed by atoms with E-state index in [1.54, 1.807) is 34.9 Å². The molecule has 1 atom stereocenters. The van der Waals surface area contributed by atoms with Crippen LogP contribution < -0.4 is 5.32 Å². The number of hydrogen-bond acceptors (Lipinski definition) is 5. The number of esters is 1. The molecule has 0 spiro atoms. The largest absolute Gasteiger partial charge is 0.464 e. The second-order valence-electron chi connectivity index (χ2n) is 5.01. The average Bonchev–Trinajstić information content (AvgIpc) is 3.12. The molecule has 124 valence electrons. The van der Waals surface area contributed by atoms with Gasteiger partial charge in [-0.15, -0.1) is 0 Å². The Balaban J connectivity index is 2.09. The lowest BCUT2D eigenvalue weighted by molar-refractivity contribution is -0.119. The van der Waals surface area contributed by atoms with Crippen molar-refractivity contribution < 1.29 is 14.3 Å². The Kier molecular flexibility index (Phi) is 5.54. The van der Waals surface area contributed by atoms with Crippen molar-refractivity contribution in [3.05, 3.63) is 28.8 Å². The van der Waals surface area contributed by atoms with Gasteiger partial charge in [-0.25, -0.2) is 4.79 Å². The van der Waals surface area contributed by atoms with E-state index in [4.69, 9.17) is 0 Å². The number of ether oxygens (including phenoxy) is 1. The highest BCUT2D eigenvalue weighted by Crippen LogP contribution is 2.17. The third-order valence-corrected chi connectivity index (χ3v) is 3.64. The number of rotatable bonds is 6. The summed E-state index contributed by atoms with van der Waals surface area (Å²) in [5, 5.41) is 11.0. The van der Waals surface area contributed by atoms with Gasteiger partial charge in [-0.3, -0.25) is 14.2 Å². The van der Waals surface area contributed by atoms with Gasteiger partial charge in [-0.2, -0.15) is 10.2 Å². The quantitative estimate of drug-likeness (QED) is 0.769. The van der Waals surface area contributed by atoms with Gasteiger partial charge in [0.15, 0.2) is 5.69 Å². The zero-order chi connectivity index (χ0) is 17.0. The van der Waals surface area contributed by atoms with Crippen molar-refractivity contribution in [1.29, 1.82) is 0 Å². The molecule has 0 fully saturated rings. The Morgan fingerprint density at radius 2 is 2.13 bits per heavy atom. The molecule has 9 heteroatoms. The van der Waals surface area contributed by atoms with Gasteiger partial charge < -0.3 is 10.1 Å². The Bertz CT molecular complexity index is 709. The summed E-state index contributed by atoms with van der Waals surface area (Å²) in [6.07, 6.45) is 5.06. The fourth-order valence-corrected chi connectivity index (χ4v) is 2.31. The maximum Gasteiger partial charge on any atom is 0.360 e. The molecule has 0 aliphatic rings. The molecule has 2 rings (SSSR count). The normalized spacial score (nSPS) is 12.0. The van der Waals surface area contributed by atoms with Crippen LogP contribution in [-0.2, 0) is 22.6 Å². The first-order chi connectivity index (χ1) is 10.9. The highest BCUT2D eigenvalue weighted by Gasteiger charge is 2.21. The number of anilines is 1. The van der Waals surface area contributed by atoms with E-state index < -0.39 is 5.97 Å². The molecule has 0 saturated heterocycles. The number of nitrogens with zero attached hydrogens (tertiary/aromatic N) is 4. The van der Waals surface area contributed by atoms with Gasteiger partial charge in [0.1, 0.15) is 0 Å². The lowest BCUT2D eigenvalue weighted by Crippen LogP contribution is -2.25. The van der Waals surface area contributed by atoms with Crippen molar-refractivity contribution in [1.82, 2.24) is 19.6 Å². The van der Waals surface area contributed by atoms with E-state index in [-0.39, 0.29) is 17.5 Å². The topological polar surface area (TPSA) is 91.0 Å². The SMILES string of the molecule is CCn1cc(NC(=O)C(C)Cn2cc(Br)cn2)c(C(=O)OC)n1. The second-order valence-corrected chi connectivity index (χ2v) is 5.93. The minimum absolute atomic E-state index is 0.0942. The van der Waals surface area contributed by atoms with Crippen LogP contribution in [-0.4, -0.2) is 38.5 Å². The van der Waals surface area contributed by atoms with E-state index in [0.29, 0.717) is 18.8 Å². The molecular weight excluding hydrogens is 366 g/mol. The maximum absolute atomic E-state index is 12.3. The Labute approximate surface area is 141 Å². The van der Waals surface area contributed by atoms with Gasteiger partial charge in [0.25, 0.3) is 0 Å². The number of nitrogens with one attached hydrogen (secondary N) is 1. The molecule has 2 aromatic heterocycles. The smallest absolute Gasteiger partial charge is 0.360 e. The van der Waals surface area contributed by atoms with Crippen LogP contribution in [0.2, 0.25) is 0 Å². The van der Waals surface area contributed by atoms with Crippen LogP contribution in [0.1, 0.15) is 24.3 Å². The summed E-state index contributed by atoms with van der Waals surface area (Å²) in [6.45, 7) is 4.68. The third kappa shape index (κ3) is 4.19. The lowest BCUT2D eigenvalue weighted by atomic mass is 10.1. The zero-order valence-corrected chi connectivity index (χ0v) is 14.7. The molecular formula is C14H18BrN5O3. The number of aryl methyl sites for hydroxylation is 1. The van der Waals surface area contributed by atoms with Crippen molar-refractivity contribution >= 4 is 33.5 Å². The van der Waals surface area contributed by atoms with E-state index in [1.165, 1.54) is 7.11 Å². The predicted molar refractivity (Wildman–Crippen MR) is 87.0 cm³/mol. The number of carbonyl (C=O) groups is 2. The van der Waals surface area contributed by atoms with Crippen molar-refractivity contribution in [3.63, 3.8) is 0 Å². The molecule has 1 unspecified atom stereocenters. The van der Waals surface area contributed by atoms with Crippen LogP contribution in [0.15, 0.2) is 23.1 Å². The van der Waals surface area contributed by atoms with Crippen molar-refractivity contribution in [2.45, 2.75) is 26.9 Å². The molecule has 0 bridgehead atoms. The molecule has 0 aromatic carbocycles. The summed E-state index contributed by atoms with van der Waals surface area (Å²) in [7, 11) is 1.27. The van der Waals surface area contributed by atoms with Gasteiger partial charge >= 0.3 is 5.97 Å². The molecule has 2 aromatic rings. The summed E-state index contributed by atoms with van der Waals surface area (Å²) >= 11 is 3.31. The first kappa shape index (κ1) is 17.2. The highest BCUT2D eigenvalue weighted by atomic mass is 79.9. The minimum atomic E-state index is -0.587. The van der Waals surface area contributed by atoms with Crippen molar-refractivity contribution in [2.75, 3.05) is 12.4 Å². The molecule has 0 saturated carbocycles. The standard InChI is InChI=1S/C14H18BrN5O3/c1-4-19-8-11(12(18-19)14(22)23-3)17-13(21)9(2)6-20-7-10(15)5-16-20/h5,7-9H,4,6H2,1-3H3,(H,17,21). The Morgan fingerprint density at radius 1 is 1.39 bits per heavy atom. The summed E-state index contributed by atoms with van der Waals surface area (Å²) in [4.78, 5) is 24.1. The maximum atomic E-state index is 12.3. The van der Waals surface area contributed by atoms with Gasteiger partial charge in [-0.05, 0) is 22.9 Å². The van der Waals surface area contributed by atoms with Gasteiger partial charge in [0.2, 0.25) is 5.91 Å². The first-order valence-electron chi connectivity index (χ1n) is 7.09. The number of hydrogen-bond donors (Lipinski definition) is 1. The number of halogens is 1. The molecule has 2 heterocycles. The van der Waals surface area contributed by atoms with E-state index in [9.17, 15) is 9.59 Å². The summed E-state index contributed by atoms with van der Waals surface area (Å²) in [6, 6.07) is 0. The zero-order valence-electron chi connectivity index (χ0n) is 13.1. The Morgan fingerprint density at radius 3 is 2.70 bits per heavy atom. The van der Waals surface area contributed by atoms with E-state index >= 15 is 0 Å². The minimum Gasteiger partial charge on any atom is -0.464 e. The second kappa shape index (κ2) is 7.40. The van der Waals surface area contributed by atoms with Crippen LogP contribution in [0.25, 0.3) is 0 Å². The van der Waals surface area contributed by atoms with Crippen molar-refractivity contribution in [2.24, 2.45) is 5.92 Å². The van der Waals surface area contributed by atoms with Crippen LogP contribution in [0.3, 0.4) is 0 Å². The molecule has 0 radical (unpaired) electrons. The molecule has 0 aliphatic carbocycles. The number of carbonyl (C=O) groups excluding carboxylic acids is 2. The summed E-state index contributed by atoms with van der Waals surface area (Å²) in [5.41, 5.74) is 0.439. The lowest BCUT2D eigenvalue weighted by Gasteiger charge is -2.11. The highest BCUT2D eigenvalue weighted by molar-refractivity contribution is 9.10. The summed E-state index contributed by atoms with van der Waals surface area (Å²) in [5.74, 6) is -1.15. The average molecular weight is 384 g/mol. The van der Waals surface area contributed by atoms with E-state index in [2.05, 4.69) is 36.2 Å². The van der Waals surface area contributed by atoms with Gasteiger partial charge in [-0.1, -0.05) is 6.92 Å². The molecule has 1 amide bonds. The van der Waals surface area contributed by atoms with Crippen molar-refractivity contribution in [3.8, 4) is 0 Å². The van der Waals surface area contributed by atoms with Crippen LogP contribution in [0, 0.1) is 5.92 Å². The third-order valence-electron chi connectivity index (χ3n) is 3.23. The first-order valence-corrected chi connectivity index (χ1v) is 7.88. The molecule has 8 nitrogen and oxygen atoms in total. The van der Waals surface area contributed by atoms with Gasteiger partial charge in [0, 0.05) is 18.9 Å². The molecule has 0 aliphatic heterocycles. The number of methoxy groups -OCH3 is 1. The summed E-state index contributed by atoms with van der Waals surface area (Å²) < 4.78 is 8.78. The van der Waals surface area contributed by atoms with Crippen LogP contribution in [0.5, 0.6) is 0 Å². The predicted octanol–water partition coefficient (Wildman–Crippen LogP) is 1.92. The molecule has 1 N–H and O–H groups in total. The van der Waals surface area contributed by atoms with E-state index in [1.807, 2.05) is 6.92 Å². The Hall–Kier alpha value is -2.16. The van der Waals surface area contributed by atoms with Crippen LogP contribution in [0.4, 0.5) is 5.69 Å². The number of amides is 1. The van der Waals surface area contributed by atoms with E-state index in [0.717, 1.165) is 4.47 Å². The van der Waals surface area contributed by atoms with Gasteiger partial charge in [0.05, 0.1) is 35.9 Å². The molecule has 23 heavy (non-hydrogen) atoms.